The maximum Gasteiger partial charge on any atom is 0.417 e. The molecule has 0 aliphatic rings. The number of rotatable bonds is 3. The Hall–Kier alpha value is -2.61. The highest BCUT2D eigenvalue weighted by Crippen LogP contribution is 2.28. The first-order valence-electron chi connectivity index (χ1n) is 6.69. The number of benzene rings is 1. The molecule has 0 aliphatic heterocycles. The lowest BCUT2D eigenvalue weighted by atomic mass is 10.2. The van der Waals surface area contributed by atoms with Crippen LogP contribution < -0.4 is 5.56 Å². The summed E-state index contributed by atoms with van der Waals surface area (Å²) in [7, 11) is 0. The van der Waals surface area contributed by atoms with Crippen molar-refractivity contribution in [1.29, 1.82) is 0 Å². The number of alkyl halides is 3. The SMILES string of the molecule is O=c1ccc(C(F)(F)F)cn1Cc1noc(-c2ccc(Cl)cc2)n1. The summed E-state index contributed by atoms with van der Waals surface area (Å²) in [6, 6.07) is 8.18. The van der Waals surface area contributed by atoms with E-state index in [1.54, 1.807) is 24.3 Å². The molecule has 3 aromatic rings. The summed E-state index contributed by atoms with van der Waals surface area (Å²) in [6.45, 7) is -0.236. The Morgan fingerprint density at radius 1 is 1.12 bits per heavy atom. The van der Waals surface area contributed by atoms with Crippen LogP contribution in [-0.4, -0.2) is 14.7 Å². The molecule has 0 saturated heterocycles. The zero-order chi connectivity index (χ0) is 17.3. The highest BCUT2D eigenvalue weighted by atomic mass is 35.5. The van der Waals surface area contributed by atoms with E-state index in [1.807, 2.05) is 0 Å². The monoisotopic (exact) mass is 355 g/mol. The number of aromatic nitrogens is 3. The van der Waals surface area contributed by atoms with Crippen molar-refractivity contribution in [2.45, 2.75) is 12.7 Å². The van der Waals surface area contributed by atoms with E-state index < -0.39 is 17.3 Å². The van der Waals surface area contributed by atoms with Gasteiger partial charge in [0.15, 0.2) is 5.82 Å². The van der Waals surface area contributed by atoms with Gasteiger partial charge >= 0.3 is 6.18 Å². The molecule has 5 nitrogen and oxygen atoms in total. The molecule has 24 heavy (non-hydrogen) atoms. The third-order valence-corrected chi connectivity index (χ3v) is 3.43. The Morgan fingerprint density at radius 2 is 1.83 bits per heavy atom. The maximum absolute atomic E-state index is 12.7. The van der Waals surface area contributed by atoms with Crippen molar-refractivity contribution < 1.29 is 17.7 Å². The average Bonchev–Trinajstić information content (AvgIpc) is 2.97. The normalized spacial score (nSPS) is 11.7. The summed E-state index contributed by atoms with van der Waals surface area (Å²) in [5, 5.41) is 4.22. The first kappa shape index (κ1) is 16.3. The lowest BCUT2D eigenvalue weighted by molar-refractivity contribution is -0.138. The summed E-state index contributed by atoms with van der Waals surface area (Å²) in [5.74, 6) is 0.267. The van der Waals surface area contributed by atoms with Crippen LogP contribution in [0.25, 0.3) is 11.5 Å². The van der Waals surface area contributed by atoms with Crippen LogP contribution in [0.2, 0.25) is 5.02 Å². The zero-order valence-corrected chi connectivity index (χ0v) is 12.7. The van der Waals surface area contributed by atoms with E-state index in [0.717, 1.165) is 22.9 Å². The van der Waals surface area contributed by atoms with Gasteiger partial charge in [0.25, 0.3) is 11.4 Å². The lowest BCUT2D eigenvalue weighted by Crippen LogP contribution is -2.22. The van der Waals surface area contributed by atoms with Gasteiger partial charge in [-0.05, 0) is 30.3 Å². The standard InChI is InChI=1S/C15H9ClF3N3O2/c16-11-4-1-9(2-5-11)14-20-12(21-24-14)8-22-7-10(15(17,18)19)3-6-13(22)23/h1-7H,8H2. The second kappa shape index (κ2) is 6.12. The molecule has 9 heteroatoms. The molecule has 0 atom stereocenters. The second-order valence-corrected chi connectivity index (χ2v) is 5.34. The number of pyridine rings is 1. The van der Waals surface area contributed by atoms with Crippen LogP contribution in [0.5, 0.6) is 0 Å². The smallest absolute Gasteiger partial charge is 0.334 e. The fraction of sp³-hybridized carbons (Fsp3) is 0.133. The van der Waals surface area contributed by atoms with Gasteiger partial charge in [-0.1, -0.05) is 16.8 Å². The molecule has 0 saturated carbocycles. The van der Waals surface area contributed by atoms with Gasteiger partial charge in [-0.2, -0.15) is 18.2 Å². The fourth-order valence-electron chi connectivity index (χ4n) is 2.00. The largest absolute Gasteiger partial charge is 0.417 e. The van der Waals surface area contributed by atoms with Gasteiger partial charge in [0, 0.05) is 22.8 Å². The highest BCUT2D eigenvalue weighted by Gasteiger charge is 2.31. The van der Waals surface area contributed by atoms with Crippen molar-refractivity contribution >= 4 is 11.6 Å². The van der Waals surface area contributed by atoms with Gasteiger partial charge in [-0.3, -0.25) is 4.79 Å². The van der Waals surface area contributed by atoms with Crippen LogP contribution in [0, 0.1) is 0 Å². The summed E-state index contributed by atoms with van der Waals surface area (Å²) in [6.07, 6.45) is -3.82. The Morgan fingerprint density at radius 3 is 2.50 bits per heavy atom. The third kappa shape index (κ3) is 3.48. The molecule has 0 aliphatic carbocycles. The molecule has 0 bridgehead atoms. The minimum atomic E-state index is -4.54. The molecule has 0 fully saturated rings. The average molecular weight is 356 g/mol. The van der Waals surface area contributed by atoms with Crippen molar-refractivity contribution in [3.63, 3.8) is 0 Å². The van der Waals surface area contributed by atoms with Gasteiger partial charge in [-0.25, -0.2) is 0 Å². The van der Waals surface area contributed by atoms with Gasteiger partial charge in [0.1, 0.15) is 0 Å². The van der Waals surface area contributed by atoms with Crippen molar-refractivity contribution in [3.05, 3.63) is 69.4 Å². The molecule has 0 N–H and O–H groups in total. The topological polar surface area (TPSA) is 60.9 Å². The fourth-order valence-corrected chi connectivity index (χ4v) is 2.13. The van der Waals surface area contributed by atoms with Crippen LogP contribution >= 0.6 is 11.6 Å². The van der Waals surface area contributed by atoms with E-state index in [2.05, 4.69) is 10.1 Å². The van der Waals surface area contributed by atoms with Crippen LogP contribution in [-0.2, 0) is 12.7 Å². The molecule has 2 aromatic heterocycles. The van der Waals surface area contributed by atoms with Crippen LogP contribution in [0.4, 0.5) is 13.2 Å². The van der Waals surface area contributed by atoms with Gasteiger partial charge in [-0.15, -0.1) is 0 Å². The van der Waals surface area contributed by atoms with Crippen LogP contribution in [0.15, 0.2) is 51.9 Å². The molecule has 0 radical (unpaired) electrons. The van der Waals surface area contributed by atoms with Crippen LogP contribution in [0.3, 0.4) is 0 Å². The molecule has 1 aromatic carbocycles. The van der Waals surface area contributed by atoms with E-state index in [9.17, 15) is 18.0 Å². The molecular formula is C15H9ClF3N3O2. The Balaban J connectivity index is 1.87. The van der Waals surface area contributed by atoms with Gasteiger partial charge < -0.3 is 9.09 Å². The molecule has 0 spiro atoms. The molecular weight excluding hydrogens is 347 g/mol. The van der Waals surface area contributed by atoms with Gasteiger partial charge in [0.2, 0.25) is 0 Å². The molecule has 2 heterocycles. The highest BCUT2D eigenvalue weighted by molar-refractivity contribution is 6.30. The summed E-state index contributed by atoms with van der Waals surface area (Å²) in [4.78, 5) is 15.8. The predicted molar refractivity (Wildman–Crippen MR) is 79.6 cm³/mol. The summed E-state index contributed by atoms with van der Waals surface area (Å²) < 4.78 is 44.1. The van der Waals surface area contributed by atoms with E-state index >= 15 is 0 Å². The number of hydrogen-bond acceptors (Lipinski definition) is 4. The third-order valence-electron chi connectivity index (χ3n) is 3.18. The first-order chi connectivity index (χ1) is 11.3. The van der Waals surface area contributed by atoms with E-state index in [0.29, 0.717) is 10.6 Å². The Kier molecular flexibility index (Phi) is 4.15. The Labute approximate surface area is 138 Å². The lowest BCUT2D eigenvalue weighted by Gasteiger charge is -2.08. The molecule has 3 rings (SSSR count). The summed E-state index contributed by atoms with van der Waals surface area (Å²) in [5.41, 5.74) is -0.918. The molecule has 124 valence electrons. The maximum atomic E-state index is 12.7. The predicted octanol–water partition coefficient (Wildman–Crippen LogP) is 3.62. The quantitative estimate of drug-likeness (QED) is 0.720. The number of hydrogen-bond donors (Lipinski definition) is 0. The van der Waals surface area contributed by atoms with Gasteiger partial charge in [0.05, 0.1) is 12.1 Å². The minimum absolute atomic E-state index is 0.0846. The van der Waals surface area contributed by atoms with E-state index in [-0.39, 0.29) is 18.3 Å². The molecule has 0 unspecified atom stereocenters. The second-order valence-electron chi connectivity index (χ2n) is 4.90. The van der Waals surface area contributed by atoms with Crippen LogP contribution in [0.1, 0.15) is 11.4 Å². The first-order valence-corrected chi connectivity index (χ1v) is 7.07. The number of halogens is 4. The Bertz CT molecular complexity index is 917. The van der Waals surface area contributed by atoms with Crippen molar-refractivity contribution in [1.82, 2.24) is 14.7 Å². The van der Waals surface area contributed by atoms with E-state index in [1.165, 1.54) is 0 Å². The minimum Gasteiger partial charge on any atom is -0.334 e. The summed E-state index contributed by atoms with van der Waals surface area (Å²) >= 11 is 5.78. The van der Waals surface area contributed by atoms with Crippen molar-refractivity contribution in [3.8, 4) is 11.5 Å². The van der Waals surface area contributed by atoms with E-state index in [4.69, 9.17) is 16.1 Å². The molecule has 0 amide bonds. The van der Waals surface area contributed by atoms with Crippen molar-refractivity contribution in [2.75, 3.05) is 0 Å². The number of nitrogens with zero attached hydrogens (tertiary/aromatic N) is 3. The zero-order valence-electron chi connectivity index (χ0n) is 11.9. The van der Waals surface area contributed by atoms with Crippen molar-refractivity contribution in [2.24, 2.45) is 0 Å².